The van der Waals surface area contributed by atoms with E-state index in [1.165, 1.54) is 4.57 Å². The lowest BCUT2D eigenvalue weighted by molar-refractivity contribution is -0.142. The highest BCUT2D eigenvalue weighted by atomic mass is 35.5. The highest BCUT2D eigenvalue weighted by molar-refractivity contribution is 6.31. The maximum absolute atomic E-state index is 12.4. The van der Waals surface area contributed by atoms with Gasteiger partial charge in [-0.15, -0.1) is 0 Å². The zero-order valence-corrected chi connectivity index (χ0v) is 13.0. The molecule has 2 rings (SSSR count). The number of aryl methyl sites for hydroxylation is 2. The number of rotatable bonds is 6. The van der Waals surface area contributed by atoms with Crippen LogP contribution in [0.2, 0.25) is 5.02 Å². The molecule has 6 heteroatoms. The van der Waals surface area contributed by atoms with Gasteiger partial charge in [0, 0.05) is 36.6 Å². The van der Waals surface area contributed by atoms with Crippen LogP contribution in [0.15, 0.2) is 41.5 Å². The van der Waals surface area contributed by atoms with E-state index in [-0.39, 0.29) is 29.2 Å². The van der Waals surface area contributed by atoms with Crippen LogP contribution < -0.4 is 5.56 Å². The van der Waals surface area contributed by atoms with E-state index in [4.69, 9.17) is 16.3 Å². The minimum absolute atomic E-state index is 0.115. The summed E-state index contributed by atoms with van der Waals surface area (Å²) in [7, 11) is 0. The van der Waals surface area contributed by atoms with Crippen LogP contribution in [-0.2, 0) is 28.9 Å². The fourth-order valence-corrected chi connectivity index (χ4v) is 2.28. The number of pyridine rings is 2. The first kappa shape index (κ1) is 16.2. The summed E-state index contributed by atoms with van der Waals surface area (Å²) >= 11 is 6.03. The maximum Gasteiger partial charge on any atom is 0.310 e. The molecule has 0 unspecified atom stereocenters. The molecule has 2 aromatic rings. The van der Waals surface area contributed by atoms with Gasteiger partial charge in [0.25, 0.3) is 5.56 Å². The average Bonchev–Trinajstić information content (AvgIpc) is 2.52. The molecule has 0 radical (unpaired) electrons. The van der Waals surface area contributed by atoms with E-state index >= 15 is 0 Å². The van der Waals surface area contributed by atoms with Crippen molar-refractivity contribution in [2.45, 2.75) is 26.3 Å². The van der Waals surface area contributed by atoms with Gasteiger partial charge in [-0.2, -0.15) is 0 Å². The summed E-state index contributed by atoms with van der Waals surface area (Å²) in [4.78, 5) is 28.2. The van der Waals surface area contributed by atoms with Gasteiger partial charge in [-0.25, -0.2) is 0 Å². The highest BCUT2D eigenvalue weighted by Crippen LogP contribution is 2.12. The molecule has 0 spiro atoms. The molecule has 116 valence electrons. The first-order valence-electron chi connectivity index (χ1n) is 7.05. The predicted octanol–water partition coefficient (Wildman–Crippen LogP) is 2.25. The largest absolute Gasteiger partial charge is 0.466 e. The molecule has 5 nitrogen and oxygen atoms in total. The van der Waals surface area contributed by atoms with Crippen molar-refractivity contribution < 1.29 is 9.53 Å². The molecule has 0 fully saturated rings. The van der Waals surface area contributed by atoms with Crippen molar-refractivity contribution in [3.63, 3.8) is 0 Å². The van der Waals surface area contributed by atoms with Gasteiger partial charge in [0.2, 0.25) is 0 Å². The molecular weight excluding hydrogens is 304 g/mol. The van der Waals surface area contributed by atoms with Gasteiger partial charge < -0.3 is 9.30 Å². The molecule has 2 heterocycles. The fraction of sp³-hybridized carbons (Fsp3) is 0.312. The summed E-state index contributed by atoms with van der Waals surface area (Å²) in [5, 5.41) is 0.284. The summed E-state index contributed by atoms with van der Waals surface area (Å²) in [6.45, 7) is 2.47. The van der Waals surface area contributed by atoms with Crippen molar-refractivity contribution in [3.05, 3.63) is 63.3 Å². The Morgan fingerprint density at radius 2 is 2.18 bits per heavy atom. The van der Waals surface area contributed by atoms with Gasteiger partial charge in [0.1, 0.15) is 0 Å². The Morgan fingerprint density at radius 3 is 2.86 bits per heavy atom. The molecule has 0 saturated heterocycles. The molecule has 0 atom stereocenters. The monoisotopic (exact) mass is 320 g/mol. The molecule has 0 aliphatic carbocycles. The van der Waals surface area contributed by atoms with Crippen LogP contribution in [-0.4, -0.2) is 22.1 Å². The van der Waals surface area contributed by atoms with Crippen molar-refractivity contribution >= 4 is 17.6 Å². The fourth-order valence-electron chi connectivity index (χ4n) is 2.07. The highest BCUT2D eigenvalue weighted by Gasteiger charge is 2.14. The second-order valence-corrected chi connectivity index (χ2v) is 5.10. The molecule has 0 N–H and O–H groups in total. The first-order chi connectivity index (χ1) is 10.6. The summed E-state index contributed by atoms with van der Waals surface area (Å²) in [5.41, 5.74) is 0.899. The van der Waals surface area contributed by atoms with Crippen LogP contribution in [0.1, 0.15) is 18.2 Å². The van der Waals surface area contributed by atoms with Gasteiger partial charge in [0.15, 0.2) is 0 Å². The van der Waals surface area contributed by atoms with E-state index in [9.17, 15) is 9.59 Å². The number of hydrogen-bond donors (Lipinski definition) is 0. The lowest BCUT2D eigenvalue weighted by Gasteiger charge is -2.09. The van der Waals surface area contributed by atoms with Crippen LogP contribution in [0.4, 0.5) is 0 Å². The molecule has 0 saturated carbocycles. The minimum Gasteiger partial charge on any atom is -0.466 e. The number of aromatic nitrogens is 2. The second kappa shape index (κ2) is 7.75. The van der Waals surface area contributed by atoms with E-state index in [0.717, 1.165) is 5.69 Å². The van der Waals surface area contributed by atoms with Crippen molar-refractivity contribution in [1.82, 2.24) is 9.55 Å². The number of esters is 1. The zero-order chi connectivity index (χ0) is 15.9. The zero-order valence-electron chi connectivity index (χ0n) is 12.3. The Hall–Kier alpha value is -2.14. The standard InChI is InChI=1S/C16H17ClN2O3/c1-2-22-15(20)11-13-14(17)7-10-19(16(13)21)9-6-12-5-3-4-8-18-12/h3-5,7-8,10H,2,6,9,11H2,1H3. The normalized spacial score (nSPS) is 10.5. The Kier molecular flexibility index (Phi) is 5.72. The molecule has 0 amide bonds. The Balaban J connectivity index is 2.16. The molecule has 0 aliphatic heterocycles. The predicted molar refractivity (Wildman–Crippen MR) is 84.0 cm³/mol. The number of halogens is 1. The molecule has 0 bridgehead atoms. The van der Waals surface area contributed by atoms with Gasteiger partial charge in [-0.05, 0) is 25.1 Å². The number of nitrogens with zero attached hydrogens (tertiary/aromatic N) is 2. The third-order valence-electron chi connectivity index (χ3n) is 3.17. The van der Waals surface area contributed by atoms with Gasteiger partial charge >= 0.3 is 5.97 Å². The van der Waals surface area contributed by atoms with Gasteiger partial charge in [0.05, 0.1) is 18.1 Å². The Morgan fingerprint density at radius 1 is 1.36 bits per heavy atom. The molecule has 0 aliphatic rings. The lowest BCUT2D eigenvalue weighted by Crippen LogP contribution is -2.26. The van der Waals surface area contributed by atoms with Gasteiger partial charge in [-0.3, -0.25) is 14.6 Å². The smallest absolute Gasteiger partial charge is 0.310 e. The van der Waals surface area contributed by atoms with Gasteiger partial charge in [-0.1, -0.05) is 17.7 Å². The summed E-state index contributed by atoms with van der Waals surface area (Å²) in [5.74, 6) is -0.455. The average molecular weight is 321 g/mol. The summed E-state index contributed by atoms with van der Waals surface area (Å²) in [6.07, 6.45) is 3.85. The van der Waals surface area contributed by atoms with E-state index in [1.54, 1.807) is 25.4 Å². The number of ether oxygens (including phenoxy) is 1. The van der Waals surface area contributed by atoms with E-state index in [0.29, 0.717) is 13.0 Å². The third kappa shape index (κ3) is 4.18. The number of hydrogen-bond acceptors (Lipinski definition) is 4. The molecule has 22 heavy (non-hydrogen) atoms. The van der Waals surface area contributed by atoms with Crippen molar-refractivity contribution in [1.29, 1.82) is 0 Å². The Labute approximate surface area is 133 Å². The van der Waals surface area contributed by atoms with E-state index in [1.807, 2.05) is 18.2 Å². The van der Waals surface area contributed by atoms with Crippen LogP contribution in [0, 0.1) is 0 Å². The van der Waals surface area contributed by atoms with Crippen molar-refractivity contribution in [2.24, 2.45) is 0 Å². The Bertz CT molecular complexity index is 698. The summed E-state index contributed by atoms with van der Waals surface area (Å²) in [6, 6.07) is 7.27. The maximum atomic E-state index is 12.4. The molecule has 2 aromatic heterocycles. The topological polar surface area (TPSA) is 61.2 Å². The number of carbonyl (C=O) groups excluding carboxylic acids is 1. The minimum atomic E-state index is -0.455. The van der Waals surface area contributed by atoms with Crippen LogP contribution in [0.5, 0.6) is 0 Å². The van der Waals surface area contributed by atoms with Crippen LogP contribution in [0.25, 0.3) is 0 Å². The number of carbonyl (C=O) groups is 1. The van der Waals surface area contributed by atoms with Crippen LogP contribution >= 0.6 is 11.6 Å². The quantitative estimate of drug-likeness (QED) is 0.766. The van der Waals surface area contributed by atoms with E-state index in [2.05, 4.69) is 4.98 Å². The van der Waals surface area contributed by atoms with Crippen molar-refractivity contribution in [3.8, 4) is 0 Å². The first-order valence-corrected chi connectivity index (χ1v) is 7.43. The van der Waals surface area contributed by atoms with E-state index < -0.39 is 5.97 Å². The third-order valence-corrected chi connectivity index (χ3v) is 3.52. The second-order valence-electron chi connectivity index (χ2n) is 4.69. The summed E-state index contributed by atoms with van der Waals surface area (Å²) < 4.78 is 6.41. The molecule has 0 aromatic carbocycles. The molecular formula is C16H17ClN2O3. The SMILES string of the molecule is CCOC(=O)Cc1c(Cl)ccn(CCc2ccccn2)c1=O. The lowest BCUT2D eigenvalue weighted by atomic mass is 10.2. The van der Waals surface area contributed by atoms with Crippen molar-refractivity contribution in [2.75, 3.05) is 6.61 Å². The van der Waals surface area contributed by atoms with Crippen LogP contribution in [0.3, 0.4) is 0 Å².